The smallest absolute Gasteiger partial charge is 0.223 e. The topological polar surface area (TPSA) is 29.1 Å². The van der Waals surface area contributed by atoms with Gasteiger partial charge in [-0.25, -0.2) is 0 Å². The van der Waals surface area contributed by atoms with E-state index >= 15 is 0 Å². The number of carbonyl (C=O) groups excluding carboxylic acids is 1. The molecular formula is C13H24BrNO. The maximum absolute atomic E-state index is 12.1. The molecule has 0 aliphatic heterocycles. The fourth-order valence-corrected chi connectivity index (χ4v) is 3.25. The summed E-state index contributed by atoms with van der Waals surface area (Å²) in [6.07, 6.45) is 5.52. The minimum absolute atomic E-state index is 0.0797. The van der Waals surface area contributed by atoms with E-state index in [-0.39, 0.29) is 17.4 Å². The fourth-order valence-electron chi connectivity index (χ4n) is 2.26. The molecule has 0 aromatic heterocycles. The van der Waals surface area contributed by atoms with Crippen LogP contribution in [0.1, 0.15) is 52.9 Å². The van der Waals surface area contributed by atoms with Gasteiger partial charge in [0.1, 0.15) is 0 Å². The van der Waals surface area contributed by atoms with Crippen molar-refractivity contribution in [1.29, 1.82) is 0 Å². The van der Waals surface area contributed by atoms with Crippen LogP contribution in [0.3, 0.4) is 0 Å². The lowest BCUT2D eigenvalue weighted by molar-refractivity contribution is -0.127. The molecule has 0 heterocycles. The minimum Gasteiger partial charge on any atom is -0.351 e. The molecule has 16 heavy (non-hydrogen) atoms. The quantitative estimate of drug-likeness (QED) is 0.789. The van der Waals surface area contributed by atoms with Gasteiger partial charge in [-0.2, -0.15) is 0 Å². The van der Waals surface area contributed by atoms with Crippen LogP contribution in [0.4, 0.5) is 0 Å². The highest BCUT2D eigenvalue weighted by Crippen LogP contribution is 2.28. The Morgan fingerprint density at radius 2 is 1.88 bits per heavy atom. The van der Waals surface area contributed by atoms with E-state index in [1.165, 1.54) is 12.8 Å². The van der Waals surface area contributed by atoms with E-state index in [0.717, 1.165) is 30.5 Å². The lowest BCUT2D eigenvalue weighted by Gasteiger charge is -2.31. The van der Waals surface area contributed by atoms with Gasteiger partial charge in [0.15, 0.2) is 0 Å². The Morgan fingerprint density at radius 3 is 2.38 bits per heavy atom. The second kappa shape index (κ2) is 6.04. The van der Waals surface area contributed by atoms with Crippen LogP contribution in [0.15, 0.2) is 0 Å². The Kier molecular flexibility index (Phi) is 5.29. The largest absolute Gasteiger partial charge is 0.351 e. The first kappa shape index (κ1) is 14.0. The maximum atomic E-state index is 12.1. The van der Waals surface area contributed by atoms with Crippen LogP contribution < -0.4 is 5.32 Å². The number of nitrogens with one attached hydrogen (secondary N) is 1. The summed E-state index contributed by atoms with van der Waals surface area (Å²) >= 11 is 3.43. The summed E-state index contributed by atoms with van der Waals surface area (Å²) in [5, 5.41) is 4.11. The highest BCUT2D eigenvalue weighted by Gasteiger charge is 2.28. The summed E-state index contributed by atoms with van der Waals surface area (Å²) in [6, 6.07) is 0. The molecule has 0 bridgehead atoms. The first-order valence-corrected chi connectivity index (χ1v) is 7.45. The van der Waals surface area contributed by atoms with Gasteiger partial charge in [-0.05, 0) is 51.9 Å². The third-order valence-electron chi connectivity index (χ3n) is 3.57. The predicted octanol–water partition coefficient (Wildman–Crippen LogP) is 3.49. The third kappa shape index (κ3) is 4.44. The fraction of sp³-hybridized carbons (Fsp3) is 0.923. The van der Waals surface area contributed by atoms with E-state index in [0.29, 0.717) is 0 Å². The molecule has 3 heteroatoms. The highest BCUT2D eigenvalue weighted by atomic mass is 79.9. The Morgan fingerprint density at radius 1 is 1.31 bits per heavy atom. The first-order valence-electron chi connectivity index (χ1n) is 6.32. The molecule has 0 atom stereocenters. The summed E-state index contributed by atoms with van der Waals surface area (Å²) in [6.45, 7) is 6.47. The average molecular weight is 290 g/mol. The van der Waals surface area contributed by atoms with Crippen LogP contribution in [-0.2, 0) is 4.79 Å². The van der Waals surface area contributed by atoms with Gasteiger partial charge in [0.25, 0.3) is 0 Å². The second-order valence-corrected chi connectivity index (χ2v) is 6.56. The third-order valence-corrected chi connectivity index (χ3v) is 3.96. The SMILES string of the molecule is CC1CCC(C(=O)NC(C)(C)CCBr)CC1. The summed E-state index contributed by atoms with van der Waals surface area (Å²) in [7, 11) is 0. The van der Waals surface area contributed by atoms with Crippen molar-refractivity contribution in [1.82, 2.24) is 5.32 Å². The molecule has 1 rings (SSSR count). The monoisotopic (exact) mass is 289 g/mol. The molecule has 2 nitrogen and oxygen atoms in total. The van der Waals surface area contributed by atoms with Crippen LogP contribution >= 0.6 is 15.9 Å². The van der Waals surface area contributed by atoms with Crippen molar-refractivity contribution < 1.29 is 4.79 Å². The van der Waals surface area contributed by atoms with Crippen molar-refractivity contribution in [2.75, 3.05) is 5.33 Å². The molecule has 1 amide bonds. The zero-order valence-electron chi connectivity index (χ0n) is 10.7. The van der Waals surface area contributed by atoms with Gasteiger partial charge >= 0.3 is 0 Å². The van der Waals surface area contributed by atoms with E-state index in [9.17, 15) is 4.79 Å². The van der Waals surface area contributed by atoms with Gasteiger partial charge in [-0.3, -0.25) is 4.79 Å². The number of hydrogen-bond donors (Lipinski definition) is 1. The van der Waals surface area contributed by atoms with Crippen molar-refractivity contribution >= 4 is 21.8 Å². The number of alkyl halides is 1. The van der Waals surface area contributed by atoms with Crippen molar-refractivity contribution in [2.24, 2.45) is 11.8 Å². The van der Waals surface area contributed by atoms with Gasteiger partial charge in [-0.1, -0.05) is 22.9 Å². The summed E-state index contributed by atoms with van der Waals surface area (Å²) < 4.78 is 0. The van der Waals surface area contributed by atoms with Gasteiger partial charge in [-0.15, -0.1) is 0 Å². The van der Waals surface area contributed by atoms with E-state index < -0.39 is 0 Å². The molecular weight excluding hydrogens is 266 g/mol. The average Bonchev–Trinajstić information content (AvgIpc) is 2.17. The molecule has 0 unspecified atom stereocenters. The Bertz CT molecular complexity index is 232. The molecule has 1 aliphatic rings. The molecule has 0 aromatic carbocycles. The predicted molar refractivity (Wildman–Crippen MR) is 71.8 cm³/mol. The molecule has 0 radical (unpaired) electrons. The number of carbonyl (C=O) groups is 1. The Labute approximate surface area is 108 Å². The van der Waals surface area contributed by atoms with Gasteiger partial charge in [0, 0.05) is 16.8 Å². The molecule has 1 N–H and O–H groups in total. The molecule has 0 spiro atoms. The summed E-state index contributed by atoms with van der Waals surface area (Å²) in [5.41, 5.74) is -0.0797. The normalized spacial score (nSPS) is 26.5. The molecule has 94 valence electrons. The van der Waals surface area contributed by atoms with Crippen LogP contribution in [0.2, 0.25) is 0 Å². The molecule has 1 aliphatic carbocycles. The molecule has 1 saturated carbocycles. The number of hydrogen-bond acceptors (Lipinski definition) is 1. The van der Waals surface area contributed by atoms with Gasteiger partial charge in [0.05, 0.1) is 0 Å². The molecule has 0 aromatic rings. The first-order chi connectivity index (χ1) is 7.44. The van der Waals surface area contributed by atoms with Crippen molar-refractivity contribution in [3.05, 3.63) is 0 Å². The second-order valence-electron chi connectivity index (χ2n) is 5.77. The summed E-state index contributed by atoms with van der Waals surface area (Å²) in [5.74, 6) is 1.32. The number of halogens is 1. The molecule has 0 saturated heterocycles. The van der Waals surface area contributed by atoms with Crippen LogP contribution in [-0.4, -0.2) is 16.8 Å². The standard InChI is InChI=1S/C13H24BrNO/c1-10-4-6-11(7-5-10)12(16)15-13(2,3)8-9-14/h10-11H,4-9H2,1-3H3,(H,15,16). The number of rotatable bonds is 4. The Balaban J connectivity index is 2.40. The van der Waals surface area contributed by atoms with Crippen molar-refractivity contribution in [3.63, 3.8) is 0 Å². The summed E-state index contributed by atoms with van der Waals surface area (Å²) in [4.78, 5) is 12.1. The van der Waals surface area contributed by atoms with E-state index in [2.05, 4.69) is 42.0 Å². The molecule has 1 fully saturated rings. The number of amides is 1. The zero-order valence-corrected chi connectivity index (χ0v) is 12.3. The lowest BCUT2D eigenvalue weighted by atomic mass is 9.82. The van der Waals surface area contributed by atoms with E-state index in [4.69, 9.17) is 0 Å². The van der Waals surface area contributed by atoms with Crippen LogP contribution in [0, 0.1) is 11.8 Å². The van der Waals surface area contributed by atoms with Crippen molar-refractivity contribution in [2.45, 2.75) is 58.4 Å². The van der Waals surface area contributed by atoms with E-state index in [1.54, 1.807) is 0 Å². The van der Waals surface area contributed by atoms with Crippen LogP contribution in [0.25, 0.3) is 0 Å². The van der Waals surface area contributed by atoms with Gasteiger partial charge in [0.2, 0.25) is 5.91 Å². The maximum Gasteiger partial charge on any atom is 0.223 e. The van der Waals surface area contributed by atoms with E-state index in [1.807, 2.05) is 0 Å². The van der Waals surface area contributed by atoms with Crippen LogP contribution in [0.5, 0.6) is 0 Å². The van der Waals surface area contributed by atoms with Gasteiger partial charge < -0.3 is 5.32 Å². The highest BCUT2D eigenvalue weighted by molar-refractivity contribution is 9.09. The minimum atomic E-state index is -0.0797. The lowest BCUT2D eigenvalue weighted by Crippen LogP contribution is -2.46. The van der Waals surface area contributed by atoms with Crippen molar-refractivity contribution in [3.8, 4) is 0 Å². The Hall–Kier alpha value is -0.0500. The zero-order chi connectivity index (χ0) is 12.2.